The molecule has 10 heteroatoms. The highest BCUT2D eigenvalue weighted by molar-refractivity contribution is 5.82. The number of ether oxygens (including phenoxy) is 1. The van der Waals surface area contributed by atoms with Gasteiger partial charge in [-0.25, -0.2) is 4.99 Å². The average Bonchev–Trinajstić information content (AvgIpc) is 3.29. The molecule has 34 heavy (non-hydrogen) atoms. The van der Waals surface area contributed by atoms with Gasteiger partial charge >= 0.3 is 6.61 Å². The first-order chi connectivity index (χ1) is 16.4. The van der Waals surface area contributed by atoms with E-state index in [1.165, 1.54) is 56.4 Å². The van der Waals surface area contributed by atoms with E-state index >= 15 is 0 Å². The maximum absolute atomic E-state index is 12.0. The van der Waals surface area contributed by atoms with Crippen molar-refractivity contribution in [2.75, 3.05) is 26.2 Å². The molecule has 0 radical (unpaired) electrons. The minimum Gasteiger partial charge on any atom is -0.435 e. The number of hydrogen-bond acceptors (Lipinski definition) is 5. The van der Waals surface area contributed by atoms with Gasteiger partial charge in [0, 0.05) is 25.3 Å². The van der Waals surface area contributed by atoms with Crippen LogP contribution in [0.5, 0.6) is 5.75 Å². The maximum Gasteiger partial charge on any atom is 0.387 e. The van der Waals surface area contributed by atoms with Crippen LogP contribution in [-0.2, 0) is 4.79 Å². The van der Waals surface area contributed by atoms with E-state index in [9.17, 15) is 13.6 Å². The summed E-state index contributed by atoms with van der Waals surface area (Å²) in [5.41, 5.74) is 6.88. The first-order valence-electron chi connectivity index (χ1n) is 11.0. The van der Waals surface area contributed by atoms with Crippen molar-refractivity contribution >= 4 is 17.6 Å². The van der Waals surface area contributed by atoms with Gasteiger partial charge < -0.3 is 20.3 Å². The summed E-state index contributed by atoms with van der Waals surface area (Å²) in [6, 6.07) is 5.52. The summed E-state index contributed by atoms with van der Waals surface area (Å²) in [4.78, 5) is 20.0. The topological polar surface area (TPSA) is 107 Å². The molecule has 1 aromatic carbocycles. The summed E-state index contributed by atoms with van der Waals surface area (Å²) in [7, 11) is 0. The van der Waals surface area contributed by atoms with Crippen LogP contribution in [0.3, 0.4) is 0 Å². The van der Waals surface area contributed by atoms with E-state index in [-0.39, 0.29) is 11.7 Å². The number of allylic oxidation sites excluding steroid dienone is 1. The van der Waals surface area contributed by atoms with Crippen LogP contribution in [0.2, 0.25) is 0 Å². The molecule has 2 saturated heterocycles. The fourth-order valence-corrected chi connectivity index (χ4v) is 3.47. The predicted molar refractivity (Wildman–Crippen MR) is 128 cm³/mol. The minimum absolute atomic E-state index is 0.0285. The van der Waals surface area contributed by atoms with Crippen molar-refractivity contribution in [2.24, 2.45) is 10.7 Å². The lowest BCUT2D eigenvalue weighted by Gasteiger charge is -2.26. The van der Waals surface area contributed by atoms with E-state index in [4.69, 9.17) is 11.0 Å². The predicted octanol–water partition coefficient (Wildman–Crippen LogP) is 3.55. The number of halogens is 2. The molecular weight excluding hydrogens is 442 g/mol. The highest BCUT2D eigenvalue weighted by Crippen LogP contribution is 2.20. The quantitative estimate of drug-likeness (QED) is 0.222. The maximum atomic E-state index is 12.0. The van der Waals surface area contributed by atoms with Gasteiger partial charge in [-0.1, -0.05) is 13.0 Å². The Kier molecular flexibility index (Phi) is 13.2. The highest BCUT2D eigenvalue weighted by atomic mass is 19.3. The molecule has 0 aliphatic carbocycles. The minimum atomic E-state index is -2.86. The number of carbonyl (C=O) groups is 1. The Morgan fingerprint density at radius 2 is 1.79 bits per heavy atom. The molecule has 2 fully saturated rings. The molecule has 184 valence electrons. The zero-order chi connectivity index (χ0) is 25.3. The molecule has 2 heterocycles. The number of nitriles is 1. The van der Waals surface area contributed by atoms with Crippen LogP contribution in [0.4, 0.5) is 14.5 Å². The smallest absolute Gasteiger partial charge is 0.387 e. The van der Waals surface area contributed by atoms with Crippen molar-refractivity contribution in [3.63, 3.8) is 0 Å². The van der Waals surface area contributed by atoms with Crippen LogP contribution >= 0.6 is 0 Å². The number of terminal acetylenes is 1. The van der Waals surface area contributed by atoms with E-state index < -0.39 is 6.61 Å². The Morgan fingerprint density at radius 3 is 2.38 bits per heavy atom. The summed E-state index contributed by atoms with van der Waals surface area (Å²) in [6.07, 6.45) is 16.7. The van der Waals surface area contributed by atoms with Gasteiger partial charge in [-0.05, 0) is 56.4 Å². The number of nitrogens with one attached hydrogen (secondary N) is 1. The molecule has 3 N–H and O–H groups in total. The van der Waals surface area contributed by atoms with Gasteiger partial charge in [0.1, 0.15) is 5.75 Å². The third-order valence-corrected chi connectivity index (χ3v) is 5.12. The van der Waals surface area contributed by atoms with E-state index in [0.29, 0.717) is 18.1 Å². The summed E-state index contributed by atoms with van der Waals surface area (Å²) >= 11 is 0. The molecule has 8 nitrogen and oxygen atoms in total. The monoisotopic (exact) mass is 474 g/mol. The molecule has 0 unspecified atom stereocenters. The van der Waals surface area contributed by atoms with Gasteiger partial charge in [0.25, 0.3) is 0 Å². The molecule has 0 spiro atoms. The summed E-state index contributed by atoms with van der Waals surface area (Å²) in [5.74, 6) is 0.242. The Labute approximate surface area is 200 Å². The average molecular weight is 475 g/mol. The van der Waals surface area contributed by atoms with E-state index in [1.807, 2.05) is 4.90 Å². The molecule has 0 aromatic heterocycles. The first kappa shape index (κ1) is 28.2. The van der Waals surface area contributed by atoms with E-state index in [0.717, 1.165) is 31.8 Å². The Bertz CT molecular complexity index is 858. The van der Waals surface area contributed by atoms with Crippen LogP contribution in [0.1, 0.15) is 38.5 Å². The van der Waals surface area contributed by atoms with Crippen LogP contribution in [0.25, 0.3) is 0 Å². The molecule has 0 saturated carbocycles. The van der Waals surface area contributed by atoms with Gasteiger partial charge in [0.15, 0.2) is 6.19 Å². The lowest BCUT2D eigenvalue weighted by Crippen LogP contribution is -2.38. The highest BCUT2D eigenvalue weighted by Gasteiger charge is 2.21. The van der Waals surface area contributed by atoms with Gasteiger partial charge in [-0.3, -0.25) is 10.1 Å². The molecule has 2 aliphatic heterocycles. The molecule has 2 aliphatic rings. The van der Waals surface area contributed by atoms with Crippen molar-refractivity contribution in [1.29, 1.82) is 5.26 Å². The normalized spacial score (nSPS) is 15.8. The van der Waals surface area contributed by atoms with Crippen molar-refractivity contribution in [2.45, 2.75) is 45.1 Å². The number of carbonyl (C=O) groups excluding carboxylic acids is 1. The number of nitrogens with two attached hydrogens (primary N) is 1. The summed E-state index contributed by atoms with van der Waals surface area (Å²) < 4.78 is 27.8. The molecular formula is C24H32F2N6O2. The Balaban J connectivity index is 0.000000317. The SMILES string of the molecule is C#C.C=C1CCCCCN1CC(=O)N1CCCC1.N#CNC(N)=Nc1ccc(OC(F)F)cc1. The number of amides is 1. The lowest BCUT2D eigenvalue weighted by molar-refractivity contribution is -0.130. The van der Waals surface area contributed by atoms with Crippen molar-refractivity contribution in [3.05, 3.63) is 36.5 Å². The standard InChI is InChI=1S/C13H22N2O.C9H8F2N4O.C2H2/c1-12-7-3-2-4-10-15(12)11-13(16)14-8-5-6-9-14;10-8(11)16-7-3-1-6(2-4-7)15-9(13)14-5-12;1-2/h1-11H2;1-4,8H,(H3,13,14,15);1-2H. The number of alkyl halides is 2. The van der Waals surface area contributed by atoms with E-state index in [1.54, 1.807) is 6.19 Å². The number of aliphatic imine (C=N–C) groups is 1. The third-order valence-electron chi connectivity index (χ3n) is 5.12. The molecule has 0 bridgehead atoms. The second-order valence-electron chi connectivity index (χ2n) is 7.49. The Hall–Kier alpha value is -3.79. The van der Waals surface area contributed by atoms with Crippen LogP contribution in [0.15, 0.2) is 41.5 Å². The number of nitrogens with zero attached hydrogens (tertiary/aromatic N) is 4. The van der Waals surface area contributed by atoms with Gasteiger partial charge in [-0.15, -0.1) is 12.8 Å². The second kappa shape index (κ2) is 15.9. The zero-order valence-corrected chi connectivity index (χ0v) is 19.3. The lowest BCUT2D eigenvalue weighted by atomic mass is 10.2. The van der Waals surface area contributed by atoms with Crippen LogP contribution in [0, 0.1) is 24.3 Å². The first-order valence-corrected chi connectivity index (χ1v) is 11.0. The number of guanidine groups is 1. The molecule has 0 atom stereocenters. The number of benzene rings is 1. The number of rotatable bonds is 5. The molecule has 3 rings (SSSR count). The fraction of sp³-hybridized carbons (Fsp3) is 0.458. The molecule has 1 aromatic rings. The van der Waals surface area contributed by atoms with E-state index in [2.05, 4.69) is 39.4 Å². The number of likely N-dealkylation sites (tertiary alicyclic amines) is 2. The number of hydrogen-bond donors (Lipinski definition) is 2. The van der Waals surface area contributed by atoms with Crippen molar-refractivity contribution in [1.82, 2.24) is 15.1 Å². The third kappa shape index (κ3) is 10.7. The molecule has 1 amide bonds. The second-order valence-corrected chi connectivity index (χ2v) is 7.49. The summed E-state index contributed by atoms with van der Waals surface area (Å²) in [5, 5.41) is 10.4. The van der Waals surface area contributed by atoms with Gasteiger partial charge in [0.2, 0.25) is 11.9 Å². The van der Waals surface area contributed by atoms with Crippen LogP contribution in [-0.4, -0.2) is 54.5 Å². The van der Waals surface area contributed by atoms with Gasteiger partial charge in [0.05, 0.1) is 12.2 Å². The fourth-order valence-electron chi connectivity index (χ4n) is 3.47. The van der Waals surface area contributed by atoms with Crippen molar-refractivity contribution in [3.8, 4) is 24.8 Å². The van der Waals surface area contributed by atoms with Crippen molar-refractivity contribution < 1.29 is 18.3 Å². The van der Waals surface area contributed by atoms with Gasteiger partial charge in [-0.2, -0.15) is 14.0 Å². The van der Waals surface area contributed by atoms with Crippen LogP contribution < -0.4 is 15.8 Å². The summed E-state index contributed by atoms with van der Waals surface area (Å²) in [6.45, 7) is 4.71. The zero-order valence-electron chi connectivity index (χ0n) is 19.3. The largest absolute Gasteiger partial charge is 0.435 e. The Morgan fingerprint density at radius 1 is 1.18 bits per heavy atom.